The van der Waals surface area contributed by atoms with Crippen molar-refractivity contribution in [3.63, 3.8) is 0 Å². The zero-order chi connectivity index (χ0) is 24.0. The van der Waals surface area contributed by atoms with E-state index in [0.717, 1.165) is 0 Å². The van der Waals surface area contributed by atoms with Gasteiger partial charge in [0.05, 0.1) is 39.6 Å². The summed E-state index contributed by atoms with van der Waals surface area (Å²) in [6.45, 7) is 0. The molecule has 0 aliphatic carbocycles. The molecule has 0 amide bonds. The number of rotatable bonds is 6. The van der Waals surface area contributed by atoms with E-state index in [1.54, 1.807) is 36.4 Å². The number of hydrogen-bond acceptors (Lipinski definition) is 5. The predicted octanol–water partition coefficient (Wildman–Crippen LogP) is 6.85. The molecule has 0 fully saturated rings. The number of ether oxygens (including phenoxy) is 2. The molecule has 0 unspecified atom stereocenters. The van der Waals surface area contributed by atoms with Crippen molar-refractivity contribution in [2.75, 3.05) is 12.4 Å². The average Bonchev–Trinajstić information content (AvgIpc) is 2.79. The summed E-state index contributed by atoms with van der Waals surface area (Å²) < 4.78 is 10.7. The topological polar surface area (TPSA) is 71.9 Å². The van der Waals surface area contributed by atoms with Crippen LogP contribution in [0.4, 0.5) is 5.69 Å². The molecule has 6 nitrogen and oxygen atoms in total. The maximum Gasteiger partial charge on any atom is 0.343 e. The lowest BCUT2D eigenvalue weighted by molar-refractivity contribution is 0.0729. The molecule has 33 heavy (non-hydrogen) atoms. The highest BCUT2D eigenvalue weighted by molar-refractivity contribution is 7.80. The van der Waals surface area contributed by atoms with Gasteiger partial charge in [0.25, 0.3) is 0 Å². The Morgan fingerprint density at radius 3 is 2.42 bits per heavy atom. The highest BCUT2D eigenvalue weighted by atomic mass is 35.5. The van der Waals surface area contributed by atoms with Crippen molar-refractivity contribution in [1.29, 1.82) is 0 Å². The van der Waals surface area contributed by atoms with Gasteiger partial charge in [0.1, 0.15) is 0 Å². The largest absolute Gasteiger partial charge is 0.493 e. The third kappa shape index (κ3) is 6.96. The number of benzene rings is 3. The van der Waals surface area contributed by atoms with Crippen LogP contribution < -0.4 is 20.2 Å². The zero-order valence-corrected chi connectivity index (χ0v) is 20.7. The van der Waals surface area contributed by atoms with E-state index in [2.05, 4.69) is 15.8 Å². The van der Waals surface area contributed by atoms with Gasteiger partial charge >= 0.3 is 5.97 Å². The molecule has 0 aliphatic heterocycles. The van der Waals surface area contributed by atoms with Crippen LogP contribution in [0.25, 0.3) is 0 Å². The van der Waals surface area contributed by atoms with Gasteiger partial charge in [0.15, 0.2) is 16.6 Å². The molecule has 0 spiro atoms. The van der Waals surface area contributed by atoms with E-state index in [0.29, 0.717) is 32.1 Å². The Morgan fingerprint density at radius 1 is 0.939 bits per heavy atom. The van der Waals surface area contributed by atoms with Crippen molar-refractivity contribution in [1.82, 2.24) is 5.43 Å². The number of esters is 1. The molecule has 0 aromatic heterocycles. The zero-order valence-electron chi connectivity index (χ0n) is 16.9. The van der Waals surface area contributed by atoms with Gasteiger partial charge in [0.2, 0.25) is 0 Å². The van der Waals surface area contributed by atoms with Crippen LogP contribution in [0.2, 0.25) is 20.1 Å². The lowest BCUT2D eigenvalue weighted by Crippen LogP contribution is -2.24. The fraction of sp³-hybridized carbons (Fsp3) is 0.0455. The fourth-order valence-corrected chi connectivity index (χ4v) is 3.34. The minimum atomic E-state index is -0.606. The Bertz CT molecular complexity index is 1240. The summed E-state index contributed by atoms with van der Waals surface area (Å²) in [6.07, 6.45) is 1.51. The number of halogens is 4. The molecular formula is C22H15Cl4N3O3S. The summed E-state index contributed by atoms with van der Waals surface area (Å²) in [5.74, 6) is -0.0451. The van der Waals surface area contributed by atoms with Gasteiger partial charge in [-0.2, -0.15) is 5.10 Å². The molecule has 170 valence electrons. The third-order valence-electron chi connectivity index (χ3n) is 4.10. The number of thiocarbonyl (C=S) groups is 1. The maximum absolute atomic E-state index is 12.4. The van der Waals surface area contributed by atoms with Crippen LogP contribution in [-0.2, 0) is 0 Å². The number of carbonyl (C=O) groups is 1. The van der Waals surface area contributed by atoms with Crippen molar-refractivity contribution >= 4 is 81.6 Å². The summed E-state index contributed by atoms with van der Waals surface area (Å²) in [5, 5.41) is 8.77. The normalized spacial score (nSPS) is 10.7. The number of anilines is 1. The van der Waals surface area contributed by atoms with Crippen molar-refractivity contribution in [3.05, 3.63) is 85.8 Å². The SMILES string of the molecule is COc1cc(C=NNC(=S)Nc2cc(Cl)ccc2Cl)ccc1OC(=O)c1ccc(Cl)c(Cl)c1. The van der Waals surface area contributed by atoms with E-state index >= 15 is 0 Å². The average molecular weight is 543 g/mol. The predicted molar refractivity (Wildman–Crippen MR) is 138 cm³/mol. The minimum absolute atomic E-state index is 0.217. The molecule has 0 saturated heterocycles. The number of hydrazone groups is 1. The van der Waals surface area contributed by atoms with Crippen molar-refractivity contribution in [2.45, 2.75) is 0 Å². The van der Waals surface area contributed by atoms with Gasteiger partial charge in [-0.3, -0.25) is 5.43 Å². The Labute approximate surface area is 215 Å². The minimum Gasteiger partial charge on any atom is -0.493 e. The number of hydrogen-bond donors (Lipinski definition) is 2. The molecular weight excluding hydrogens is 528 g/mol. The van der Waals surface area contributed by atoms with Crippen molar-refractivity contribution in [2.24, 2.45) is 5.10 Å². The van der Waals surface area contributed by atoms with Gasteiger partial charge < -0.3 is 14.8 Å². The number of nitrogens with zero attached hydrogens (tertiary/aromatic N) is 1. The molecule has 0 aliphatic rings. The lowest BCUT2D eigenvalue weighted by Gasteiger charge is -2.11. The van der Waals surface area contributed by atoms with E-state index in [9.17, 15) is 4.79 Å². The Morgan fingerprint density at radius 2 is 1.70 bits per heavy atom. The van der Waals surface area contributed by atoms with Crippen LogP contribution in [0.5, 0.6) is 11.5 Å². The first-order valence-corrected chi connectivity index (χ1v) is 11.1. The first-order chi connectivity index (χ1) is 15.8. The molecule has 0 heterocycles. The molecule has 3 aromatic rings. The van der Waals surface area contributed by atoms with Crippen LogP contribution in [0.1, 0.15) is 15.9 Å². The van der Waals surface area contributed by atoms with Crippen molar-refractivity contribution in [3.8, 4) is 11.5 Å². The van der Waals surface area contributed by atoms with E-state index < -0.39 is 5.97 Å². The first kappa shape index (κ1) is 25.1. The Balaban J connectivity index is 1.64. The quantitative estimate of drug-likeness (QED) is 0.117. The Kier molecular flexibility index (Phi) is 8.77. The second-order valence-electron chi connectivity index (χ2n) is 6.38. The second-order valence-corrected chi connectivity index (χ2v) is 8.44. The van der Waals surface area contributed by atoms with Gasteiger partial charge in [-0.25, -0.2) is 4.79 Å². The van der Waals surface area contributed by atoms with Crippen LogP contribution in [-0.4, -0.2) is 24.4 Å². The molecule has 3 aromatic carbocycles. The highest BCUT2D eigenvalue weighted by Crippen LogP contribution is 2.29. The molecule has 3 rings (SSSR count). The van der Waals surface area contributed by atoms with Crippen LogP contribution in [0.3, 0.4) is 0 Å². The summed E-state index contributed by atoms with van der Waals surface area (Å²) in [5.41, 5.74) is 4.14. The first-order valence-electron chi connectivity index (χ1n) is 9.17. The van der Waals surface area contributed by atoms with Crippen LogP contribution >= 0.6 is 58.6 Å². The third-order valence-corrected chi connectivity index (χ3v) is 5.60. The molecule has 0 atom stereocenters. The van der Waals surface area contributed by atoms with Gasteiger partial charge in [-0.1, -0.05) is 46.4 Å². The van der Waals surface area contributed by atoms with Gasteiger partial charge in [-0.05, 0) is 72.4 Å². The smallest absolute Gasteiger partial charge is 0.343 e. The number of methoxy groups -OCH3 is 1. The summed E-state index contributed by atoms with van der Waals surface area (Å²) in [6, 6.07) is 14.3. The summed E-state index contributed by atoms with van der Waals surface area (Å²) in [4.78, 5) is 12.4. The molecule has 2 N–H and O–H groups in total. The highest BCUT2D eigenvalue weighted by Gasteiger charge is 2.14. The second kappa shape index (κ2) is 11.5. The number of nitrogens with one attached hydrogen (secondary N) is 2. The number of carbonyl (C=O) groups excluding carboxylic acids is 1. The summed E-state index contributed by atoms with van der Waals surface area (Å²) >= 11 is 29.1. The van der Waals surface area contributed by atoms with Gasteiger partial charge in [0, 0.05) is 5.02 Å². The van der Waals surface area contributed by atoms with E-state index in [4.69, 9.17) is 68.1 Å². The summed E-state index contributed by atoms with van der Waals surface area (Å²) in [7, 11) is 1.46. The van der Waals surface area contributed by atoms with Crippen LogP contribution in [0.15, 0.2) is 59.7 Å². The van der Waals surface area contributed by atoms with Crippen molar-refractivity contribution < 1.29 is 14.3 Å². The lowest BCUT2D eigenvalue weighted by atomic mass is 10.2. The monoisotopic (exact) mass is 541 g/mol. The standard InChI is InChI=1S/C22H15Cl4N3O3S/c1-31-20-8-12(11-27-29-22(33)28-18-10-14(23)4-6-16(18)25)2-7-19(20)32-21(30)13-3-5-15(24)17(26)9-13/h2-11H,1H3,(H2,28,29,33). The molecule has 11 heteroatoms. The van der Waals surface area contributed by atoms with E-state index in [1.807, 2.05) is 0 Å². The molecule has 0 saturated carbocycles. The maximum atomic E-state index is 12.4. The van der Waals surface area contributed by atoms with Gasteiger partial charge in [-0.15, -0.1) is 0 Å². The van der Waals surface area contributed by atoms with Crippen LogP contribution in [0, 0.1) is 0 Å². The van der Waals surface area contributed by atoms with E-state index in [1.165, 1.54) is 31.5 Å². The van der Waals surface area contributed by atoms with E-state index in [-0.39, 0.29) is 21.4 Å². The molecule has 0 bridgehead atoms. The Hall–Kier alpha value is -2.55. The molecule has 0 radical (unpaired) electrons. The fourth-order valence-electron chi connectivity index (χ4n) is 2.54.